The molecule has 132 valence electrons. The number of aromatic nitrogens is 6. The summed E-state index contributed by atoms with van der Waals surface area (Å²) in [5.74, 6) is 0.686. The third-order valence-corrected chi connectivity index (χ3v) is 4.41. The molecular weight excluding hydrogens is 328 g/mol. The highest BCUT2D eigenvalue weighted by molar-refractivity contribution is 6.04. The summed E-state index contributed by atoms with van der Waals surface area (Å²) in [6.45, 7) is 1.37. The highest BCUT2D eigenvalue weighted by Gasteiger charge is 2.20. The molecule has 26 heavy (non-hydrogen) atoms. The van der Waals surface area contributed by atoms with Crippen LogP contribution >= 0.6 is 0 Å². The van der Waals surface area contributed by atoms with E-state index in [9.17, 15) is 4.79 Å². The summed E-state index contributed by atoms with van der Waals surface area (Å²) in [4.78, 5) is 27.8. The van der Waals surface area contributed by atoms with Crippen molar-refractivity contribution < 1.29 is 4.79 Å². The van der Waals surface area contributed by atoms with Gasteiger partial charge in [0.2, 0.25) is 0 Å². The molecule has 0 spiro atoms. The molecule has 0 saturated heterocycles. The van der Waals surface area contributed by atoms with Gasteiger partial charge in [-0.3, -0.25) is 4.79 Å². The lowest BCUT2D eigenvalue weighted by Crippen LogP contribution is -2.18. The van der Waals surface area contributed by atoms with Crippen LogP contribution in [0.3, 0.4) is 0 Å². The zero-order chi connectivity index (χ0) is 17.8. The van der Waals surface area contributed by atoms with Crippen LogP contribution in [0.1, 0.15) is 27.8 Å². The van der Waals surface area contributed by atoms with Crippen molar-refractivity contribution in [2.24, 2.45) is 0 Å². The molecule has 4 aromatic heterocycles. The molecule has 0 unspecified atom stereocenters. The third kappa shape index (κ3) is 3.37. The van der Waals surface area contributed by atoms with E-state index < -0.39 is 0 Å². The molecule has 0 bridgehead atoms. The summed E-state index contributed by atoms with van der Waals surface area (Å²) in [7, 11) is 0. The molecule has 7 nitrogen and oxygen atoms in total. The second-order valence-electron chi connectivity index (χ2n) is 6.11. The van der Waals surface area contributed by atoms with Crippen LogP contribution in [0, 0.1) is 0 Å². The van der Waals surface area contributed by atoms with Crippen molar-refractivity contribution in [3.63, 3.8) is 0 Å². The van der Waals surface area contributed by atoms with Crippen LogP contribution in [0.15, 0.2) is 61.4 Å². The van der Waals surface area contributed by atoms with Crippen LogP contribution in [-0.4, -0.2) is 34.9 Å². The lowest BCUT2D eigenvalue weighted by molar-refractivity contribution is 0.101. The average Bonchev–Trinajstić information content (AvgIpc) is 3.46. The van der Waals surface area contributed by atoms with Crippen molar-refractivity contribution in [1.29, 1.82) is 0 Å². The minimum Gasteiger partial charge on any atom is -0.365 e. The monoisotopic (exact) mass is 348 g/mol. The number of carbonyl (C=O) groups excluding carboxylic acids is 1. The van der Waals surface area contributed by atoms with Gasteiger partial charge in [-0.25, -0.2) is 9.97 Å². The third-order valence-electron chi connectivity index (χ3n) is 4.41. The summed E-state index contributed by atoms with van der Waals surface area (Å²) in [6, 6.07) is 8.00. The standard InChI is InChI=1S/C19H20N6O/c26-17(18-22-9-13-24(18)11-5-15-3-1-7-20-15)19-23-10-14-25(19)12-6-16-4-2-8-21-16/h1-4,7-10,13-14,20-21H,5-6,11-12H2. The average molecular weight is 348 g/mol. The number of rotatable bonds is 8. The maximum atomic E-state index is 13.0. The summed E-state index contributed by atoms with van der Waals surface area (Å²) in [6.07, 6.45) is 12.4. The van der Waals surface area contributed by atoms with Crippen LogP contribution < -0.4 is 0 Å². The molecule has 4 heterocycles. The van der Waals surface area contributed by atoms with E-state index in [2.05, 4.69) is 19.9 Å². The van der Waals surface area contributed by atoms with E-state index in [0.29, 0.717) is 24.7 Å². The molecule has 0 aliphatic carbocycles. The van der Waals surface area contributed by atoms with Crippen molar-refractivity contribution in [1.82, 2.24) is 29.1 Å². The molecule has 0 atom stereocenters. The SMILES string of the molecule is O=C(c1nccn1CCc1ccc[nH]1)c1nccn1CCc1ccc[nH]1. The maximum absolute atomic E-state index is 13.0. The number of aryl methyl sites for hydroxylation is 4. The summed E-state index contributed by atoms with van der Waals surface area (Å²) >= 11 is 0. The maximum Gasteiger partial charge on any atom is 0.263 e. The number of H-pyrrole nitrogens is 2. The highest BCUT2D eigenvalue weighted by atomic mass is 16.1. The molecule has 0 radical (unpaired) electrons. The first kappa shape index (κ1) is 16.1. The molecule has 0 aliphatic rings. The lowest BCUT2D eigenvalue weighted by atomic mass is 10.2. The van der Waals surface area contributed by atoms with E-state index in [1.165, 1.54) is 0 Å². The molecule has 0 amide bonds. The van der Waals surface area contributed by atoms with Gasteiger partial charge >= 0.3 is 0 Å². The van der Waals surface area contributed by atoms with Gasteiger partial charge in [0.25, 0.3) is 5.78 Å². The van der Waals surface area contributed by atoms with E-state index in [1.54, 1.807) is 12.4 Å². The molecule has 0 aliphatic heterocycles. The number of nitrogens with one attached hydrogen (secondary N) is 2. The van der Waals surface area contributed by atoms with Gasteiger partial charge in [-0.15, -0.1) is 0 Å². The summed E-state index contributed by atoms with van der Waals surface area (Å²) in [5.41, 5.74) is 2.26. The number of carbonyl (C=O) groups is 1. The normalized spacial score (nSPS) is 11.1. The number of aromatic amines is 2. The van der Waals surface area contributed by atoms with Gasteiger partial charge in [0, 0.05) is 74.5 Å². The van der Waals surface area contributed by atoms with Crippen LogP contribution in [-0.2, 0) is 25.9 Å². The Kier molecular flexibility index (Phi) is 4.51. The predicted octanol–water partition coefficient (Wildman–Crippen LogP) is 2.45. The van der Waals surface area contributed by atoms with E-state index in [-0.39, 0.29) is 5.78 Å². The van der Waals surface area contributed by atoms with Crippen LogP contribution in [0.25, 0.3) is 0 Å². The Morgan fingerprint density at radius 2 is 1.35 bits per heavy atom. The van der Waals surface area contributed by atoms with Crippen molar-refractivity contribution >= 4 is 5.78 Å². The van der Waals surface area contributed by atoms with Crippen molar-refractivity contribution in [2.75, 3.05) is 0 Å². The number of hydrogen-bond donors (Lipinski definition) is 2. The van der Waals surface area contributed by atoms with Gasteiger partial charge < -0.3 is 19.1 Å². The molecule has 2 N–H and O–H groups in total. The van der Waals surface area contributed by atoms with Crippen molar-refractivity contribution in [3.05, 3.63) is 84.5 Å². The second-order valence-corrected chi connectivity index (χ2v) is 6.11. The van der Waals surface area contributed by atoms with Crippen LogP contribution in [0.4, 0.5) is 0 Å². The van der Waals surface area contributed by atoms with E-state index in [0.717, 1.165) is 24.2 Å². The van der Waals surface area contributed by atoms with Gasteiger partial charge in [0.05, 0.1) is 0 Å². The van der Waals surface area contributed by atoms with Gasteiger partial charge in [-0.2, -0.15) is 0 Å². The Hall–Kier alpha value is -3.35. The zero-order valence-corrected chi connectivity index (χ0v) is 14.3. The van der Waals surface area contributed by atoms with Crippen molar-refractivity contribution in [2.45, 2.75) is 25.9 Å². The molecule has 7 heteroatoms. The van der Waals surface area contributed by atoms with E-state index >= 15 is 0 Å². The van der Waals surface area contributed by atoms with Gasteiger partial charge in [0.15, 0.2) is 11.6 Å². The Morgan fingerprint density at radius 1 is 0.846 bits per heavy atom. The number of imidazole rings is 2. The fraction of sp³-hybridized carbons (Fsp3) is 0.211. The number of nitrogens with zero attached hydrogens (tertiary/aromatic N) is 4. The topological polar surface area (TPSA) is 84.3 Å². The van der Waals surface area contributed by atoms with E-state index in [4.69, 9.17) is 0 Å². The molecule has 0 saturated carbocycles. The Balaban J connectivity index is 1.48. The van der Waals surface area contributed by atoms with Crippen LogP contribution in [0.5, 0.6) is 0 Å². The molecular formula is C19H20N6O. The molecule has 0 fully saturated rings. The first-order valence-electron chi connectivity index (χ1n) is 8.63. The first-order chi connectivity index (χ1) is 12.8. The number of hydrogen-bond acceptors (Lipinski definition) is 3. The first-order valence-corrected chi connectivity index (χ1v) is 8.63. The fourth-order valence-electron chi connectivity index (χ4n) is 3.03. The second kappa shape index (κ2) is 7.26. The molecule has 0 aromatic carbocycles. The van der Waals surface area contributed by atoms with Gasteiger partial charge in [-0.1, -0.05) is 0 Å². The quantitative estimate of drug-likeness (QED) is 0.480. The van der Waals surface area contributed by atoms with Gasteiger partial charge in [0.1, 0.15) is 0 Å². The zero-order valence-electron chi connectivity index (χ0n) is 14.3. The number of ketones is 1. The smallest absolute Gasteiger partial charge is 0.263 e. The minimum absolute atomic E-state index is 0.155. The van der Waals surface area contributed by atoms with Crippen molar-refractivity contribution in [3.8, 4) is 0 Å². The Labute approximate surface area is 150 Å². The minimum atomic E-state index is -0.155. The molecule has 4 aromatic rings. The Bertz CT molecular complexity index is 883. The lowest BCUT2D eigenvalue weighted by Gasteiger charge is -2.09. The highest BCUT2D eigenvalue weighted by Crippen LogP contribution is 2.10. The predicted molar refractivity (Wildman–Crippen MR) is 96.9 cm³/mol. The van der Waals surface area contributed by atoms with E-state index in [1.807, 2.05) is 58.2 Å². The largest absolute Gasteiger partial charge is 0.365 e. The Morgan fingerprint density at radius 3 is 1.77 bits per heavy atom. The molecule has 4 rings (SSSR count). The fourth-order valence-corrected chi connectivity index (χ4v) is 3.03. The summed E-state index contributed by atoms with van der Waals surface area (Å²) in [5, 5.41) is 0. The van der Waals surface area contributed by atoms with Gasteiger partial charge in [-0.05, 0) is 24.3 Å². The van der Waals surface area contributed by atoms with Crippen LogP contribution in [0.2, 0.25) is 0 Å². The summed E-state index contributed by atoms with van der Waals surface area (Å²) < 4.78 is 3.76.